The quantitative estimate of drug-likeness (QED) is 0.841. The van der Waals surface area contributed by atoms with Gasteiger partial charge in [0, 0.05) is 25.2 Å². The van der Waals surface area contributed by atoms with Crippen LogP contribution < -0.4 is 5.32 Å². The molecule has 0 aromatic carbocycles. The van der Waals surface area contributed by atoms with E-state index in [1.54, 1.807) is 15.6 Å². The number of thiophene rings is 1. The number of hydrogen-bond donors (Lipinski definition) is 1. The maximum absolute atomic E-state index is 11.7. The second kappa shape index (κ2) is 7.02. The number of nitrogens with one attached hydrogen (secondary N) is 1. The molecule has 0 spiro atoms. The summed E-state index contributed by atoms with van der Waals surface area (Å²) in [6.45, 7) is 3.59. The van der Waals surface area contributed by atoms with Crippen molar-refractivity contribution in [3.63, 3.8) is 0 Å². The molecule has 2 rings (SSSR count). The van der Waals surface area contributed by atoms with Gasteiger partial charge in [-0.1, -0.05) is 13.3 Å². The molecule has 1 fully saturated rings. The molecule has 0 bridgehead atoms. The lowest BCUT2D eigenvalue weighted by atomic mass is 10.1. The lowest BCUT2D eigenvalue weighted by molar-refractivity contribution is 0.353. The molecule has 1 aliphatic rings. The minimum absolute atomic E-state index is 0.114. The molecule has 0 aliphatic carbocycles. The number of rotatable bonds is 7. The van der Waals surface area contributed by atoms with Gasteiger partial charge in [-0.05, 0) is 41.7 Å². The Morgan fingerprint density at radius 3 is 2.95 bits per heavy atom. The zero-order valence-corrected chi connectivity index (χ0v) is 13.8. The molecule has 2 atom stereocenters. The van der Waals surface area contributed by atoms with Gasteiger partial charge in [0.25, 0.3) is 0 Å². The van der Waals surface area contributed by atoms with Gasteiger partial charge in [-0.2, -0.15) is 15.6 Å². The van der Waals surface area contributed by atoms with Crippen LogP contribution in [0.25, 0.3) is 0 Å². The van der Waals surface area contributed by atoms with Crippen LogP contribution in [-0.2, 0) is 10.0 Å². The van der Waals surface area contributed by atoms with Crippen molar-refractivity contribution in [1.29, 1.82) is 0 Å². The first-order valence-electron chi connectivity index (χ1n) is 7.24. The van der Waals surface area contributed by atoms with Gasteiger partial charge < -0.3 is 5.32 Å². The van der Waals surface area contributed by atoms with Crippen LogP contribution in [0.5, 0.6) is 0 Å². The van der Waals surface area contributed by atoms with E-state index in [-0.39, 0.29) is 6.04 Å². The maximum atomic E-state index is 11.7. The molecule has 1 aromatic heterocycles. The van der Waals surface area contributed by atoms with Gasteiger partial charge in [0.05, 0.1) is 6.26 Å². The first-order chi connectivity index (χ1) is 9.52. The third-order valence-corrected chi connectivity index (χ3v) is 5.91. The topological polar surface area (TPSA) is 49.4 Å². The van der Waals surface area contributed by atoms with Gasteiger partial charge in [-0.25, -0.2) is 8.42 Å². The third kappa shape index (κ3) is 4.04. The van der Waals surface area contributed by atoms with Crippen molar-refractivity contribution in [3.05, 3.63) is 22.4 Å². The van der Waals surface area contributed by atoms with Crippen molar-refractivity contribution in [2.45, 2.75) is 44.7 Å². The van der Waals surface area contributed by atoms with Gasteiger partial charge in [0.1, 0.15) is 0 Å². The van der Waals surface area contributed by atoms with Gasteiger partial charge in [-0.3, -0.25) is 0 Å². The van der Waals surface area contributed by atoms with E-state index >= 15 is 0 Å². The number of nitrogens with zero attached hydrogens (tertiary/aromatic N) is 1. The summed E-state index contributed by atoms with van der Waals surface area (Å²) in [7, 11) is -3.07. The molecule has 0 amide bonds. The Morgan fingerprint density at radius 2 is 2.35 bits per heavy atom. The van der Waals surface area contributed by atoms with Gasteiger partial charge in [0.15, 0.2) is 0 Å². The van der Waals surface area contributed by atoms with Crippen molar-refractivity contribution >= 4 is 21.4 Å². The average molecular weight is 316 g/mol. The smallest absolute Gasteiger partial charge is 0.211 e. The van der Waals surface area contributed by atoms with E-state index in [1.165, 1.54) is 11.8 Å². The lowest BCUT2D eigenvalue weighted by Gasteiger charge is -2.25. The van der Waals surface area contributed by atoms with E-state index in [1.807, 2.05) is 0 Å². The molecule has 1 aliphatic heterocycles. The molecule has 0 saturated carbocycles. The standard InChI is InChI=1S/C14H24N2O2S2/c1-3-5-14(12-7-9-19-11-12)15-10-13-6-4-8-16(13)20(2,17)18/h7,9,11,13-15H,3-6,8,10H2,1-2H3/t13-,14-/m1/s1. The highest BCUT2D eigenvalue weighted by Gasteiger charge is 2.31. The second-order valence-electron chi connectivity index (χ2n) is 5.48. The zero-order valence-electron chi connectivity index (χ0n) is 12.2. The normalized spacial score (nSPS) is 22.2. The summed E-state index contributed by atoms with van der Waals surface area (Å²) < 4.78 is 25.1. The number of hydrogen-bond acceptors (Lipinski definition) is 4. The van der Waals surface area contributed by atoms with Crippen LogP contribution >= 0.6 is 11.3 Å². The summed E-state index contributed by atoms with van der Waals surface area (Å²) in [6.07, 6.45) is 5.45. The Morgan fingerprint density at radius 1 is 1.55 bits per heavy atom. The van der Waals surface area contributed by atoms with E-state index in [4.69, 9.17) is 0 Å². The highest BCUT2D eigenvalue weighted by molar-refractivity contribution is 7.88. The monoisotopic (exact) mass is 316 g/mol. The fourth-order valence-corrected chi connectivity index (χ4v) is 4.77. The fourth-order valence-electron chi connectivity index (χ4n) is 2.88. The highest BCUT2D eigenvalue weighted by atomic mass is 32.2. The molecular formula is C14H24N2O2S2. The molecule has 0 radical (unpaired) electrons. The van der Waals surface area contributed by atoms with Crippen molar-refractivity contribution in [1.82, 2.24) is 9.62 Å². The predicted molar refractivity (Wildman–Crippen MR) is 84.5 cm³/mol. The van der Waals surface area contributed by atoms with Crippen molar-refractivity contribution in [2.75, 3.05) is 19.3 Å². The molecule has 0 unspecified atom stereocenters. The van der Waals surface area contributed by atoms with E-state index in [0.29, 0.717) is 12.6 Å². The van der Waals surface area contributed by atoms with Crippen LogP contribution in [0.15, 0.2) is 16.8 Å². The Balaban J connectivity index is 1.95. The molecule has 4 nitrogen and oxygen atoms in total. The van der Waals surface area contributed by atoms with Gasteiger partial charge in [0.2, 0.25) is 10.0 Å². The molecule has 20 heavy (non-hydrogen) atoms. The van der Waals surface area contributed by atoms with Crippen LogP contribution in [0.4, 0.5) is 0 Å². The van der Waals surface area contributed by atoms with E-state index in [2.05, 4.69) is 29.1 Å². The summed E-state index contributed by atoms with van der Waals surface area (Å²) in [6, 6.07) is 2.61. The largest absolute Gasteiger partial charge is 0.308 e. The molecule has 114 valence electrons. The zero-order chi connectivity index (χ0) is 14.6. The fraction of sp³-hybridized carbons (Fsp3) is 0.714. The van der Waals surface area contributed by atoms with E-state index in [0.717, 1.165) is 32.2 Å². The molecule has 2 heterocycles. The molecule has 1 N–H and O–H groups in total. The summed E-state index contributed by atoms with van der Waals surface area (Å²) in [4.78, 5) is 0. The summed E-state index contributed by atoms with van der Waals surface area (Å²) in [5, 5.41) is 7.84. The Hall–Kier alpha value is -0.430. The Labute approximate surface area is 126 Å². The summed E-state index contributed by atoms with van der Waals surface area (Å²) >= 11 is 1.71. The van der Waals surface area contributed by atoms with Crippen LogP contribution in [0, 0.1) is 0 Å². The molecule has 6 heteroatoms. The first kappa shape index (κ1) is 15.9. The van der Waals surface area contributed by atoms with Gasteiger partial charge in [-0.15, -0.1) is 0 Å². The van der Waals surface area contributed by atoms with E-state index < -0.39 is 10.0 Å². The lowest BCUT2D eigenvalue weighted by Crippen LogP contribution is -2.41. The van der Waals surface area contributed by atoms with Crippen molar-refractivity contribution < 1.29 is 8.42 Å². The van der Waals surface area contributed by atoms with Crippen molar-refractivity contribution in [2.24, 2.45) is 0 Å². The molecule has 1 aromatic rings. The summed E-state index contributed by atoms with van der Waals surface area (Å²) in [5.74, 6) is 0. The van der Waals surface area contributed by atoms with Crippen LogP contribution in [0.2, 0.25) is 0 Å². The SMILES string of the molecule is CCC[C@@H](NC[C@H]1CCCN1S(C)(=O)=O)c1ccsc1. The average Bonchev–Trinajstić information content (AvgIpc) is 3.04. The van der Waals surface area contributed by atoms with Crippen molar-refractivity contribution in [3.8, 4) is 0 Å². The Kier molecular flexibility index (Phi) is 5.60. The molecular weight excluding hydrogens is 292 g/mol. The minimum atomic E-state index is -3.07. The highest BCUT2D eigenvalue weighted by Crippen LogP contribution is 2.24. The van der Waals surface area contributed by atoms with Crippen LogP contribution in [0.1, 0.15) is 44.2 Å². The predicted octanol–water partition coefficient (Wildman–Crippen LogP) is 2.60. The van der Waals surface area contributed by atoms with Crippen LogP contribution in [-0.4, -0.2) is 38.1 Å². The Bertz CT molecular complexity index is 499. The van der Waals surface area contributed by atoms with Crippen LogP contribution in [0.3, 0.4) is 0 Å². The first-order valence-corrected chi connectivity index (χ1v) is 10.0. The molecule has 1 saturated heterocycles. The second-order valence-corrected chi connectivity index (χ2v) is 8.19. The van der Waals surface area contributed by atoms with Gasteiger partial charge >= 0.3 is 0 Å². The third-order valence-electron chi connectivity index (χ3n) is 3.87. The number of sulfonamides is 1. The minimum Gasteiger partial charge on any atom is -0.308 e. The summed E-state index contributed by atoms with van der Waals surface area (Å²) in [5.41, 5.74) is 1.32. The maximum Gasteiger partial charge on any atom is 0.211 e. The van der Waals surface area contributed by atoms with E-state index in [9.17, 15) is 8.42 Å².